The summed E-state index contributed by atoms with van der Waals surface area (Å²) in [5, 5.41) is 40.4. The number of rotatable bonds is 11. The summed E-state index contributed by atoms with van der Waals surface area (Å²) in [6.07, 6.45) is 4.48. The van der Waals surface area contributed by atoms with E-state index < -0.39 is 18.3 Å². The smallest absolute Gasteiger partial charge is 0.157 e. The third-order valence-corrected chi connectivity index (χ3v) is 6.66. The van der Waals surface area contributed by atoms with E-state index in [2.05, 4.69) is 12.1 Å². The Morgan fingerprint density at radius 1 is 1.03 bits per heavy atom. The van der Waals surface area contributed by atoms with E-state index in [-0.39, 0.29) is 30.8 Å². The molecule has 1 aromatic carbocycles. The molecule has 3 rings (SSSR count). The topological polar surface area (TPSA) is 99.4 Å². The fourth-order valence-corrected chi connectivity index (χ4v) is 4.95. The zero-order valence-corrected chi connectivity index (χ0v) is 17.8. The molecule has 0 spiro atoms. The van der Waals surface area contributed by atoms with Crippen molar-refractivity contribution in [1.29, 1.82) is 0 Å². The van der Waals surface area contributed by atoms with Crippen LogP contribution in [-0.2, 0) is 15.9 Å². The zero-order chi connectivity index (χ0) is 21.3. The van der Waals surface area contributed by atoms with Crippen LogP contribution in [0.25, 0.3) is 0 Å². The van der Waals surface area contributed by atoms with Crippen LogP contribution < -0.4 is 0 Å². The molecule has 1 heterocycles. The molecule has 6 heteroatoms. The van der Waals surface area contributed by atoms with Gasteiger partial charge in [-0.1, -0.05) is 30.3 Å². The van der Waals surface area contributed by atoms with Crippen molar-refractivity contribution in [2.24, 2.45) is 11.8 Å². The first kappa shape index (κ1) is 23.6. The van der Waals surface area contributed by atoms with Crippen LogP contribution in [0.3, 0.4) is 0 Å². The van der Waals surface area contributed by atoms with Crippen molar-refractivity contribution < 1.29 is 29.9 Å². The molecule has 1 saturated heterocycles. The highest BCUT2D eigenvalue weighted by molar-refractivity contribution is 5.14. The number of ether oxygens (including phenoxy) is 2. The molecule has 0 amide bonds. The molecule has 1 saturated carbocycles. The van der Waals surface area contributed by atoms with Gasteiger partial charge in [-0.2, -0.15) is 0 Å². The Balaban J connectivity index is 1.56. The van der Waals surface area contributed by atoms with Gasteiger partial charge in [-0.15, -0.1) is 0 Å². The standard InChI is InChI=1S/C24H38O6/c25-16-19(27)14-21-20(12-11-18(26)10-9-17-6-2-1-3-7-17)23(15-22(21)28)30-24-8-4-5-13-29-24/h1-3,6-7,18-28H,4-5,8-16H2/t18-,19?,20+,21+,22-,23+,24?/m0/s1. The molecule has 0 radical (unpaired) electrons. The summed E-state index contributed by atoms with van der Waals surface area (Å²) in [6, 6.07) is 10.1. The van der Waals surface area contributed by atoms with Crippen molar-refractivity contribution in [2.75, 3.05) is 13.2 Å². The summed E-state index contributed by atoms with van der Waals surface area (Å²) in [5.74, 6) is -0.125. The van der Waals surface area contributed by atoms with E-state index in [1.807, 2.05) is 18.2 Å². The first-order valence-corrected chi connectivity index (χ1v) is 11.5. The van der Waals surface area contributed by atoms with Crippen molar-refractivity contribution in [1.82, 2.24) is 0 Å². The average Bonchev–Trinajstić information content (AvgIpc) is 3.05. The maximum Gasteiger partial charge on any atom is 0.157 e. The SMILES string of the molecule is OCC(O)C[C@@H]1[C@@H](CC[C@@H](O)CCc2ccccc2)[C@H](OC2CCCCO2)C[C@@H]1O. The summed E-state index contributed by atoms with van der Waals surface area (Å²) < 4.78 is 12.0. The van der Waals surface area contributed by atoms with Gasteiger partial charge in [-0.25, -0.2) is 0 Å². The van der Waals surface area contributed by atoms with E-state index in [9.17, 15) is 20.4 Å². The van der Waals surface area contributed by atoms with Gasteiger partial charge in [0, 0.05) is 13.0 Å². The Labute approximate surface area is 179 Å². The Morgan fingerprint density at radius 3 is 2.53 bits per heavy atom. The third-order valence-electron chi connectivity index (χ3n) is 6.66. The number of benzene rings is 1. The molecule has 1 aliphatic carbocycles. The molecule has 30 heavy (non-hydrogen) atoms. The molecule has 2 aliphatic rings. The lowest BCUT2D eigenvalue weighted by Crippen LogP contribution is -2.33. The lowest BCUT2D eigenvalue weighted by Gasteiger charge is -2.31. The third kappa shape index (κ3) is 7.01. The van der Waals surface area contributed by atoms with Gasteiger partial charge in [-0.3, -0.25) is 0 Å². The Morgan fingerprint density at radius 2 is 1.83 bits per heavy atom. The molecule has 4 N–H and O–H groups in total. The number of aliphatic hydroxyl groups is 4. The second-order valence-electron chi connectivity index (χ2n) is 8.93. The van der Waals surface area contributed by atoms with Crippen LogP contribution in [0.1, 0.15) is 56.9 Å². The van der Waals surface area contributed by atoms with Crippen LogP contribution in [0.2, 0.25) is 0 Å². The minimum Gasteiger partial charge on any atom is -0.394 e. The Bertz CT molecular complexity index is 591. The first-order chi connectivity index (χ1) is 14.6. The van der Waals surface area contributed by atoms with Gasteiger partial charge >= 0.3 is 0 Å². The second kappa shape index (κ2) is 12.1. The molecular formula is C24H38O6. The van der Waals surface area contributed by atoms with Crippen LogP contribution in [0.15, 0.2) is 30.3 Å². The largest absolute Gasteiger partial charge is 0.394 e. The molecular weight excluding hydrogens is 384 g/mol. The van der Waals surface area contributed by atoms with Crippen LogP contribution in [0.4, 0.5) is 0 Å². The number of aliphatic hydroxyl groups excluding tert-OH is 4. The molecule has 6 nitrogen and oxygen atoms in total. The first-order valence-electron chi connectivity index (χ1n) is 11.5. The molecule has 7 atom stereocenters. The van der Waals surface area contributed by atoms with Gasteiger partial charge in [0.15, 0.2) is 6.29 Å². The lowest BCUT2D eigenvalue weighted by molar-refractivity contribution is -0.197. The fourth-order valence-electron chi connectivity index (χ4n) is 4.95. The van der Waals surface area contributed by atoms with Crippen molar-refractivity contribution in [3.63, 3.8) is 0 Å². The zero-order valence-electron chi connectivity index (χ0n) is 17.8. The fraction of sp³-hybridized carbons (Fsp3) is 0.750. The van der Waals surface area contributed by atoms with Crippen molar-refractivity contribution >= 4 is 0 Å². The Hall–Kier alpha value is -1.02. The maximum absolute atomic E-state index is 10.6. The molecule has 0 bridgehead atoms. The summed E-state index contributed by atoms with van der Waals surface area (Å²) in [6.45, 7) is 0.391. The number of hydrogen-bond acceptors (Lipinski definition) is 6. The van der Waals surface area contributed by atoms with Crippen LogP contribution in [-0.4, -0.2) is 64.3 Å². The highest BCUT2D eigenvalue weighted by Crippen LogP contribution is 2.41. The second-order valence-corrected chi connectivity index (χ2v) is 8.93. The maximum atomic E-state index is 10.6. The van der Waals surface area contributed by atoms with Gasteiger partial charge in [0.05, 0.1) is 31.0 Å². The summed E-state index contributed by atoms with van der Waals surface area (Å²) in [4.78, 5) is 0. The van der Waals surface area contributed by atoms with Crippen molar-refractivity contribution in [3.05, 3.63) is 35.9 Å². The molecule has 0 aromatic heterocycles. The normalized spacial score (nSPS) is 31.5. The minimum absolute atomic E-state index is 0.0260. The van der Waals surface area contributed by atoms with E-state index in [1.165, 1.54) is 5.56 Å². The summed E-state index contributed by atoms with van der Waals surface area (Å²) in [7, 11) is 0. The van der Waals surface area contributed by atoms with Gasteiger partial charge < -0.3 is 29.9 Å². The predicted octanol–water partition coefficient (Wildman–Crippen LogP) is 2.41. The van der Waals surface area contributed by atoms with Crippen molar-refractivity contribution in [2.45, 2.75) is 88.5 Å². The molecule has 170 valence electrons. The van der Waals surface area contributed by atoms with Gasteiger partial charge in [0.25, 0.3) is 0 Å². The van der Waals surface area contributed by atoms with E-state index in [1.54, 1.807) is 0 Å². The van der Waals surface area contributed by atoms with Gasteiger partial charge in [-0.05, 0) is 68.8 Å². The molecule has 2 unspecified atom stereocenters. The van der Waals surface area contributed by atoms with Gasteiger partial charge in [0.1, 0.15) is 0 Å². The van der Waals surface area contributed by atoms with E-state index >= 15 is 0 Å². The average molecular weight is 423 g/mol. The van der Waals surface area contributed by atoms with Crippen LogP contribution in [0.5, 0.6) is 0 Å². The summed E-state index contributed by atoms with van der Waals surface area (Å²) >= 11 is 0. The van der Waals surface area contributed by atoms with Crippen molar-refractivity contribution in [3.8, 4) is 0 Å². The van der Waals surface area contributed by atoms with E-state index in [4.69, 9.17) is 9.47 Å². The highest BCUT2D eigenvalue weighted by atomic mass is 16.7. The number of hydrogen-bond donors (Lipinski definition) is 4. The molecule has 1 aliphatic heterocycles. The number of aryl methyl sites for hydroxylation is 1. The predicted molar refractivity (Wildman–Crippen MR) is 114 cm³/mol. The van der Waals surface area contributed by atoms with Crippen LogP contribution >= 0.6 is 0 Å². The van der Waals surface area contributed by atoms with E-state index in [0.717, 1.165) is 25.7 Å². The molecule has 2 fully saturated rings. The highest BCUT2D eigenvalue weighted by Gasteiger charge is 2.44. The molecule has 1 aromatic rings. The monoisotopic (exact) mass is 422 g/mol. The van der Waals surface area contributed by atoms with Crippen LogP contribution in [0, 0.1) is 11.8 Å². The minimum atomic E-state index is -0.847. The van der Waals surface area contributed by atoms with Gasteiger partial charge in [0.2, 0.25) is 0 Å². The summed E-state index contributed by atoms with van der Waals surface area (Å²) in [5.41, 5.74) is 1.22. The van der Waals surface area contributed by atoms with E-state index in [0.29, 0.717) is 38.7 Å². The Kier molecular flexibility index (Phi) is 9.56. The lowest BCUT2D eigenvalue weighted by atomic mass is 9.84. The quantitative estimate of drug-likeness (QED) is 0.437.